The van der Waals surface area contributed by atoms with E-state index in [0.29, 0.717) is 18.5 Å². The Bertz CT molecular complexity index is 532. The topological polar surface area (TPSA) is 53.1 Å². The summed E-state index contributed by atoms with van der Waals surface area (Å²) in [6.07, 6.45) is 1.80. The predicted octanol–water partition coefficient (Wildman–Crippen LogP) is 2.93. The van der Waals surface area contributed by atoms with Gasteiger partial charge < -0.3 is 10.5 Å². The Morgan fingerprint density at radius 1 is 1.33 bits per heavy atom. The molecular formula is C14H19N3O. The van der Waals surface area contributed by atoms with Gasteiger partial charge in [0.15, 0.2) is 6.73 Å². The monoisotopic (exact) mass is 245 g/mol. The third-order valence-corrected chi connectivity index (χ3v) is 2.76. The molecule has 0 spiro atoms. The highest BCUT2D eigenvalue weighted by Gasteiger charge is 2.04. The van der Waals surface area contributed by atoms with E-state index >= 15 is 0 Å². The quantitative estimate of drug-likeness (QED) is 0.901. The summed E-state index contributed by atoms with van der Waals surface area (Å²) in [5.74, 6) is 1.87. The van der Waals surface area contributed by atoms with Crippen LogP contribution < -0.4 is 10.5 Å². The van der Waals surface area contributed by atoms with Crippen molar-refractivity contribution in [2.75, 3.05) is 5.73 Å². The Hall–Kier alpha value is -1.97. The summed E-state index contributed by atoms with van der Waals surface area (Å²) in [5, 5.41) is 4.08. The summed E-state index contributed by atoms with van der Waals surface area (Å²) in [4.78, 5) is 0. The zero-order valence-electron chi connectivity index (χ0n) is 11.1. The van der Waals surface area contributed by atoms with Crippen molar-refractivity contribution in [1.29, 1.82) is 0 Å². The fourth-order valence-electron chi connectivity index (χ4n) is 1.78. The van der Waals surface area contributed by atoms with Gasteiger partial charge in [0.05, 0.1) is 0 Å². The Morgan fingerprint density at radius 3 is 2.72 bits per heavy atom. The molecule has 18 heavy (non-hydrogen) atoms. The zero-order valence-corrected chi connectivity index (χ0v) is 11.1. The van der Waals surface area contributed by atoms with Gasteiger partial charge in [0.2, 0.25) is 0 Å². The van der Waals surface area contributed by atoms with Crippen LogP contribution in [0, 0.1) is 6.92 Å². The predicted molar refractivity (Wildman–Crippen MR) is 72.5 cm³/mol. The van der Waals surface area contributed by atoms with Crippen molar-refractivity contribution in [3.05, 3.63) is 41.6 Å². The van der Waals surface area contributed by atoms with E-state index in [-0.39, 0.29) is 0 Å². The van der Waals surface area contributed by atoms with Gasteiger partial charge in [-0.05, 0) is 36.1 Å². The molecule has 1 heterocycles. The van der Waals surface area contributed by atoms with Gasteiger partial charge >= 0.3 is 0 Å². The van der Waals surface area contributed by atoms with E-state index in [4.69, 9.17) is 10.5 Å². The molecule has 4 nitrogen and oxygen atoms in total. The molecule has 0 radical (unpaired) electrons. The van der Waals surface area contributed by atoms with Crippen molar-refractivity contribution in [2.45, 2.75) is 33.4 Å². The molecular weight excluding hydrogens is 226 g/mol. The second kappa shape index (κ2) is 5.12. The lowest BCUT2D eigenvalue weighted by atomic mass is 10.0. The Balaban J connectivity index is 2.09. The summed E-state index contributed by atoms with van der Waals surface area (Å²) < 4.78 is 7.40. The van der Waals surface area contributed by atoms with Crippen LogP contribution in [0.1, 0.15) is 30.9 Å². The number of hydrogen-bond donors (Lipinski definition) is 1. The number of aryl methyl sites for hydroxylation is 1. The molecule has 0 aliphatic heterocycles. The number of anilines is 1. The van der Waals surface area contributed by atoms with E-state index in [9.17, 15) is 0 Å². The van der Waals surface area contributed by atoms with E-state index in [1.807, 2.05) is 6.07 Å². The van der Waals surface area contributed by atoms with Crippen LogP contribution in [0.2, 0.25) is 0 Å². The first-order valence-electron chi connectivity index (χ1n) is 6.08. The lowest BCUT2D eigenvalue weighted by molar-refractivity contribution is 0.221. The Labute approximate surface area is 107 Å². The minimum Gasteiger partial charge on any atom is -0.471 e. The van der Waals surface area contributed by atoms with Crippen LogP contribution in [-0.2, 0) is 6.73 Å². The zero-order chi connectivity index (χ0) is 13.1. The van der Waals surface area contributed by atoms with Crippen LogP contribution in [0.4, 0.5) is 5.82 Å². The maximum absolute atomic E-state index is 5.72. The van der Waals surface area contributed by atoms with Crippen molar-refractivity contribution in [3.63, 3.8) is 0 Å². The van der Waals surface area contributed by atoms with Crippen LogP contribution in [0.3, 0.4) is 0 Å². The van der Waals surface area contributed by atoms with Crippen LogP contribution >= 0.6 is 0 Å². The van der Waals surface area contributed by atoms with Gasteiger partial charge in [-0.3, -0.25) is 0 Å². The van der Waals surface area contributed by atoms with Gasteiger partial charge in [0.1, 0.15) is 11.6 Å². The second-order valence-electron chi connectivity index (χ2n) is 4.79. The average molecular weight is 245 g/mol. The summed E-state index contributed by atoms with van der Waals surface area (Å²) in [6.45, 7) is 6.79. The van der Waals surface area contributed by atoms with Gasteiger partial charge in [-0.25, -0.2) is 4.68 Å². The normalized spacial score (nSPS) is 10.9. The first-order valence-corrected chi connectivity index (χ1v) is 6.08. The van der Waals surface area contributed by atoms with Crippen LogP contribution in [0.5, 0.6) is 5.75 Å². The maximum atomic E-state index is 5.72. The van der Waals surface area contributed by atoms with Gasteiger partial charge in [-0.15, -0.1) is 0 Å². The van der Waals surface area contributed by atoms with Gasteiger partial charge in [-0.1, -0.05) is 19.9 Å². The molecule has 4 heteroatoms. The molecule has 0 aliphatic carbocycles. The number of hydrogen-bond acceptors (Lipinski definition) is 3. The molecule has 0 saturated heterocycles. The third kappa shape index (κ3) is 3.03. The van der Waals surface area contributed by atoms with Crippen molar-refractivity contribution in [2.24, 2.45) is 0 Å². The highest BCUT2D eigenvalue weighted by Crippen LogP contribution is 2.23. The molecule has 0 fully saturated rings. The van der Waals surface area contributed by atoms with Gasteiger partial charge in [-0.2, -0.15) is 5.10 Å². The molecule has 0 atom stereocenters. The smallest absolute Gasteiger partial charge is 0.180 e. The van der Waals surface area contributed by atoms with E-state index < -0.39 is 0 Å². The van der Waals surface area contributed by atoms with Crippen molar-refractivity contribution in [1.82, 2.24) is 9.78 Å². The van der Waals surface area contributed by atoms with Crippen LogP contribution in [-0.4, -0.2) is 9.78 Å². The number of benzene rings is 1. The number of aromatic nitrogens is 2. The van der Waals surface area contributed by atoms with E-state index in [0.717, 1.165) is 5.75 Å². The molecule has 1 aromatic heterocycles. The number of nitrogen functional groups attached to an aromatic ring is 1. The third-order valence-electron chi connectivity index (χ3n) is 2.76. The molecule has 0 amide bonds. The van der Waals surface area contributed by atoms with E-state index in [2.05, 4.69) is 38.0 Å². The number of nitrogens with zero attached hydrogens (tertiary/aromatic N) is 2. The van der Waals surface area contributed by atoms with Crippen molar-refractivity contribution in [3.8, 4) is 5.75 Å². The van der Waals surface area contributed by atoms with Crippen LogP contribution in [0.15, 0.2) is 30.5 Å². The summed E-state index contributed by atoms with van der Waals surface area (Å²) in [6, 6.07) is 8.03. The highest BCUT2D eigenvalue weighted by molar-refractivity contribution is 5.35. The van der Waals surface area contributed by atoms with Crippen molar-refractivity contribution < 1.29 is 4.74 Å². The number of rotatable bonds is 4. The minimum atomic E-state index is 0.373. The molecule has 0 saturated carbocycles. The van der Waals surface area contributed by atoms with Crippen LogP contribution in [0.25, 0.3) is 0 Å². The fraction of sp³-hybridized carbons (Fsp3) is 0.357. The highest BCUT2D eigenvalue weighted by atomic mass is 16.5. The lowest BCUT2D eigenvalue weighted by Gasteiger charge is -2.11. The van der Waals surface area contributed by atoms with E-state index in [1.165, 1.54) is 11.1 Å². The van der Waals surface area contributed by atoms with E-state index in [1.54, 1.807) is 16.9 Å². The van der Waals surface area contributed by atoms with Gasteiger partial charge in [0.25, 0.3) is 0 Å². The van der Waals surface area contributed by atoms with Crippen molar-refractivity contribution >= 4 is 5.82 Å². The van der Waals surface area contributed by atoms with Gasteiger partial charge in [0, 0.05) is 12.3 Å². The number of nitrogens with two attached hydrogens (primary N) is 1. The molecule has 2 aromatic rings. The lowest BCUT2D eigenvalue weighted by Crippen LogP contribution is -2.06. The molecule has 96 valence electrons. The average Bonchev–Trinajstić information content (AvgIpc) is 2.72. The molecule has 0 bridgehead atoms. The largest absolute Gasteiger partial charge is 0.471 e. The first kappa shape index (κ1) is 12.5. The fourth-order valence-corrected chi connectivity index (χ4v) is 1.78. The number of ether oxygens (including phenoxy) is 1. The molecule has 0 unspecified atom stereocenters. The Morgan fingerprint density at radius 2 is 2.11 bits per heavy atom. The second-order valence-corrected chi connectivity index (χ2v) is 4.79. The molecule has 2 rings (SSSR count). The summed E-state index contributed by atoms with van der Waals surface area (Å²) in [7, 11) is 0. The summed E-state index contributed by atoms with van der Waals surface area (Å²) in [5.41, 5.74) is 8.04. The first-order chi connectivity index (χ1) is 8.54. The Kier molecular flexibility index (Phi) is 3.55. The summed E-state index contributed by atoms with van der Waals surface area (Å²) >= 11 is 0. The minimum absolute atomic E-state index is 0.373. The molecule has 1 aromatic carbocycles. The molecule has 2 N–H and O–H groups in total. The standard InChI is InChI=1S/C14H19N3O/c1-10(2)12-6-11(3)7-13(8-12)18-9-17-5-4-14(15)16-17/h4-8,10H,9H2,1-3H3,(H2,15,16). The maximum Gasteiger partial charge on any atom is 0.180 e. The SMILES string of the molecule is Cc1cc(OCn2ccc(N)n2)cc(C(C)C)c1. The molecule has 0 aliphatic rings.